The van der Waals surface area contributed by atoms with E-state index >= 15 is 0 Å². The van der Waals surface area contributed by atoms with E-state index in [0.717, 1.165) is 12.1 Å². The number of nitro groups is 1. The third kappa shape index (κ3) is 3.62. The van der Waals surface area contributed by atoms with Crippen LogP contribution in [0.5, 0.6) is 5.75 Å². The topological polar surface area (TPSA) is 90.2 Å². The Kier molecular flexibility index (Phi) is 4.29. The third-order valence-corrected chi connectivity index (χ3v) is 2.69. The Morgan fingerprint density at radius 3 is 2.35 bits per heavy atom. The van der Waals surface area contributed by atoms with Crippen molar-refractivity contribution in [3.05, 3.63) is 46.0 Å². The number of benzene rings is 1. The molecule has 0 spiro atoms. The fourth-order valence-electron chi connectivity index (χ4n) is 1.61. The van der Waals surface area contributed by atoms with Gasteiger partial charge in [-0.05, 0) is 0 Å². The van der Waals surface area contributed by atoms with Crippen molar-refractivity contribution in [3.8, 4) is 5.75 Å². The molecule has 0 unspecified atom stereocenters. The van der Waals surface area contributed by atoms with Crippen LogP contribution in [0.25, 0.3) is 0 Å². The molecule has 0 aliphatic rings. The van der Waals surface area contributed by atoms with Gasteiger partial charge in [-0.2, -0.15) is 17.6 Å². The largest absolute Gasteiger partial charge is 0.494 e. The number of nitrogens with zero attached hydrogens (tertiary/aromatic N) is 3. The van der Waals surface area contributed by atoms with Crippen LogP contribution in [0.3, 0.4) is 0 Å². The maximum Gasteiger partial charge on any atom is 0.419 e. The maximum atomic E-state index is 13.5. The van der Waals surface area contributed by atoms with Gasteiger partial charge in [0.25, 0.3) is 0 Å². The van der Waals surface area contributed by atoms with Crippen LogP contribution in [0.1, 0.15) is 5.56 Å². The summed E-state index contributed by atoms with van der Waals surface area (Å²) < 4.78 is 55.6. The van der Waals surface area contributed by atoms with Gasteiger partial charge in [0.1, 0.15) is 5.75 Å². The molecule has 7 nitrogen and oxygen atoms in total. The molecule has 0 radical (unpaired) electrons. The van der Waals surface area contributed by atoms with E-state index in [2.05, 4.69) is 15.3 Å². The summed E-state index contributed by atoms with van der Waals surface area (Å²) in [5, 5.41) is 13.2. The number of nitrogens with one attached hydrogen (secondary N) is 1. The number of hydrogen-bond acceptors (Lipinski definition) is 6. The highest BCUT2D eigenvalue weighted by atomic mass is 19.4. The minimum absolute atomic E-state index is 0.0691. The van der Waals surface area contributed by atoms with Gasteiger partial charge in [-0.3, -0.25) is 10.1 Å². The number of halogens is 4. The molecule has 0 atom stereocenters. The number of aromatic nitrogens is 2. The maximum absolute atomic E-state index is 13.5. The average Bonchev–Trinajstić information content (AvgIpc) is 2.48. The molecular weight excluding hydrogens is 324 g/mol. The van der Waals surface area contributed by atoms with Crippen LogP contribution < -0.4 is 10.1 Å². The molecule has 0 aliphatic carbocycles. The van der Waals surface area contributed by atoms with Crippen molar-refractivity contribution in [2.75, 3.05) is 12.4 Å². The molecule has 0 amide bonds. The predicted octanol–water partition coefficient (Wildman–Crippen LogP) is 3.29. The van der Waals surface area contributed by atoms with Crippen molar-refractivity contribution in [1.82, 2.24) is 9.97 Å². The minimum Gasteiger partial charge on any atom is -0.494 e. The summed E-state index contributed by atoms with van der Waals surface area (Å²) in [5.74, 6) is -1.49. The second-order valence-electron chi connectivity index (χ2n) is 4.18. The van der Waals surface area contributed by atoms with Crippen molar-refractivity contribution in [2.45, 2.75) is 6.18 Å². The van der Waals surface area contributed by atoms with Gasteiger partial charge in [0.05, 0.1) is 23.3 Å². The van der Waals surface area contributed by atoms with Crippen LogP contribution in [0.4, 0.5) is 34.9 Å². The molecular formula is C12H8F4N4O3. The van der Waals surface area contributed by atoms with Gasteiger partial charge in [-0.25, -0.2) is 9.97 Å². The lowest BCUT2D eigenvalue weighted by Crippen LogP contribution is -2.08. The summed E-state index contributed by atoms with van der Waals surface area (Å²) in [6, 6.07) is 1.60. The van der Waals surface area contributed by atoms with E-state index in [4.69, 9.17) is 4.74 Å². The molecule has 1 heterocycles. The van der Waals surface area contributed by atoms with E-state index in [9.17, 15) is 27.7 Å². The fraction of sp³-hybridized carbons (Fsp3) is 0.167. The Morgan fingerprint density at radius 1 is 1.26 bits per heavy atom. The van der Waals surface area contributed by atoms with Gasteiger partial charge in [0.15, 0.2) is 0 Å². The molecule has 1 N–H and O–H groups in total. The van der Waals surface area contributed by atoms with Crippen LogP contribution in [0.2, 0.25) is 0 Å². The third-order valence-electron chi connectivity index (χ3n) is 2.69. The summed E-state index contributed by atoms with van der Waals surface area (Å²) in [5.41, 5.74) is -1.96. The molecule has 23 heavy (non-hydrogen) atoms. The second-order valence-corrected chi connectivity index (χ2v) is 4.18. The molecule has 2 rings (SSSR count). The number of alkyl halides is 3. The molecule has 1 aromatic heterocycles. The second kappa shape index (κ2) is 6.02. The van der Waals surface area contributed by atoms with Crippen molar-refractivity contribution >= 4 is 17.3 Å². The van der Waals surface area contributed by atoms with E-state index < -0.39 is 28.2 Å². The zero-order valence-electron chi connectivity index (χ0n) is 11.4. The van der Waals surface area contributed by atoms with E-state index in [-0.39, 0.29) is 17.4 Å². The minimum atomic E-state index is -4.59. The zero-order chi connectivity index (χ0) is 17.2. The van der Waals surface area contributed by atoms with E-state index in [0.29, 0.717) is 12.4 Å². The number of rotatable bonds is 4. The highest BCUT2D eigenvalue weighted by molar-refractivity contribution is 5.66. The normalized spacial score (nSPS) is 11.2. The highest BCUT2D eigenvalue weighted by Crippen LogP contribution is 2.33. The first-order valence-corrected chi connectivity index (χ1v) is 5.90. The monoisotopic (exact) mass is 332 g/mol. The number of ether oxygens (including phenoxy) is 1. The molecule has 0 fully saturated rings. The summed E-state index contributed by atoms with van der Waals surface area (Å²) in [6.45, 7) is 0. The van der Waals surface area contributed by atoms with Gasteiger partial charge in [0.2, 0.25) is 11.8 Å². The smallest absolute Gasteiger partial charge is 0.419 e. The predicted molar refractivity (Wildman–Crippen MR) is 69.9 cm³/mol. The van der Waals surface area contributed by atoms with Crippen LogP contribution in [-0.2, 0) is 6.18 Å². The van der Waals surface area contributed by atoms with E-state index in [1.54, 1.807) is 0 Å². The van der Waals surface area contributed by atoms with Gasteiger partial charge in [0, 0.05) is 24.5 Å². The Bertz CT molecular complexity index is 734. The first kappa shape index (κ1) is 16.4. The first-order valence-electron chi connectivity index (χ1n) is 5.90. The lowest BCUT2D eigenvalue weighted by molar-refractivity contribution is -0.387. The molecule has 0 saturated carbocycles. The summed E-state index contributed by atoms with van der Waals surface area (Å²) >= 11 is 0. The average molecular weight is 332 g/mol. The molecule has 0 saturated heterocycles. The molecule has 1 aromatic carbocycles. The van der Waals surface area contributed by atoms with E-state index in [1.165, 1.54) is 7.11 Å². The van der Waals surface area contributed by atoms with Crippen LogP contribution >= 0.6 is 0 Å². The number of nitro benzene ring substituents is 1. The van der Waals surface area contributed by atoms with Gasteiger partial charge in [-0.15, -0.1) is 0 Å². The van der Waals surface area contributed by atoms with Gasteiger partial charge >= 0.3 is 11.9 Å². The van der Waals surface area contributed by atoms with E-state index in [1.807, 2.05) is 0 Å². The van der Waals surface area contributed by atoms with Crippen molar-refractivity contribution in [1.29, 1.82) is 0 Å². The zero-order valence-corrected chi connectivity index (χ0v) is 11.4. The number of anilines is 2. The SMILES string of the molecule is COc1cc(F)c([N+](=O)[O-])cc1Nc1ncc(C(F)(F)F)cn1. The molecule has 11 heteroatoms. The lowest BCUT2D eigenvalue weighted by Gasteiger charge is -2.11. The molecule has 0 aliphatic heterocycles. The lowest BCUT2D eigenvalue weighted by atomic mass is 10.2. The Labute approximate surface area is 126 Å². The van der Waals surface area contributed by atoms with Crippen LogP contribution in [0.15, 0.2) is 24.5 Å². The quantitative estimate of drug-likeness (QED) is 0.525. The van der Waals surface area contributed by atoms with Crippen LogP contribution in [-0.4, -0.2) is 22.0 Å². The Morgan fingerprint density at radius 2 is 1.87 bits per heavy atom. The van der Waals surface area contributed by atoms with Crippen molar-refractivity contribution in [2.24, 2.45) is 0 Å². The summed E-state index contributed by atoms with van der Waals surface area (Å²) in [7, 11) is 1.19. The molecule has 122 valence electrons. The van der Waals surface area contributed by atoms with Gasteiger partial charge in [-0.1, -0.05) is 0 Å². The highest BCUT2D eigenvalue weighted by Gasteiger charge is 2.31. The molecule has 0 bridgehead atoms. The molecule has 2 aromatic rings. The standard InChI is InChI=1S/C12H8F4N4O3/c1-23-10-2-7(13)9(20(21)22)3-8(10)19-11-17-4-6(5-18-11)12(14,15)16/h2-5H,1H3,(H,17,18,19). The van der Waals surface area contributed by atoms with Crippen molar-refractivity contribution in [3.63, 3.8) is 0 Å². The number of hydrogen-bond donors (Lipinski definition) is 1. The Hall–Kier alpha value is -2.98. The van der Waals surface area contributed by atoms with Gasteiger partial charge < -0.3 is 10.1 Å². The first-order chi connectivity index (χ1) is 10.7. The number of methoxy groups -OCH3 is 1. The summed E-state index contributed by atoms with van der Waals surface area (Å²) in [4.78, 5) is 16.7. The summed E-state index contributed by atoms with van der Waals surface area (Å²) in [6.07, 6.45) is -3.51. The van der Waals surface area contributed by atoms with Crippen molar-refractivity contribution < 1.29 is 27.2 Å². The Balaban J connectivity index is 2.35. The fourth-order valence-corrected chi connectivity index (χ4v) is 1.61. The van der Waals surface area contributed by atoms with Crippen LogP contribution in [0, 0.1) is 15.9 Å².